The predicted molar refractivity (Wildman–Crippen MR) is 68.8 cm³/mol. The Labute approximate surface area is 119 Å². The van der Waals surface area contributed by atoms with Crippen LogP contribution in [0.15, 0.2) is 12.1 Å². The van der Waals surface area contributed by atoms with Crippen molar-refractivity contribution in [2.45, 2.75) is 25.4 Å². The lowest BCUT2D eigenvalue weighted by Gasteiger charge is -2.25. The summed E-state index contributed by atoms with van der Waals surface area (Å²) in [5.41, 5.74) is -0.0518. The van der Waals surface area contributed by atoms with Crippen LogP contribution in [0.4, 0.5) is 13.2 Å². The van der Waals surface area contributed by atoms with Gasteiger partial charge in [0.2, 0.25) is 0 Å². The summed E-state index contributed by atoms with van der Waals surface area (Å²) in [5, 5.41) is 11.5. The Morgan fingerprint density at radius 3 is 2.67 bits per heavy atom. The van der Waals surface area contributed by atoms with E-state index in [9.17, 15) is 13.2 Å². The van der Waals surface area contributed by atoms with E-state index >= 15 is 0 Å². The van der Waals surface area contributed by atoms with Crippen LogP contribution in [-0.2, 0) is 6.54 Å². The van der Waals surface area contributed by atoms with Gasteiger partial charge in [-0.25, -0.2) is 13.2 Å². The number of benzene rings is 1. The second-order valence-corrected chi connectivity index (χ2v) is 5.53. The monoisotopic (exact) mass is 294 g/mol. The van der Waals surface area contributed by atoms with Crippen molar-refractivity contribution in [3.63, 3.8) is 0 Å². The molecule has 110 valence electrons. The van der Waals surface area contributed by atoms with Crippen LogP contribution in [0.1, 0.15) is 24.7 Å². The van der Waals surface area contributed by atoms with Crippen molar-refractivity contribution in [2.24, 2.45) is 5.92 Å². The van der Waals surface area contributed by atoms with Crippen LogP contribution in [0.25, 0.3) is 11.4 Å². The normalized spacial score (nSPS) is 21.4. The van der Waals surface area contributed by atoms with Gasteiger partial charge >= 0.3 is 0 Å². The van der Waals surface area contributed by atoms with Crippen molar-refractivity contribution >= 4 is 0 Å². The molecule has 4 rings (SSSR count). The fourth-order valence-electron chi connectivity index (χ4n) is 2.89. The molecule has 0 radical (unpaired) electrons. The minimum absolute atomic E-state index is 0.0518. The Hall–Kier alpha value is -1.89. The maximum absolute atomic E-state index is 14.0. The van der Waals surface area contributed by atoms with E-state index in [-0.39, 0.29) is 17.4 Å². The number of nitrogens with one attached hydrogen (secondary N) is 1. The fourth-order valence-corrected chi connectivity index (χ4v) is 2.89. The van der Waals surface area contributed by atoms with Gasteiger partial charge in [-0.3, -0.25) is 0 Å². The minimum Gasteiger partial charge on any atom is -0.308 e. The molecule has 21 heavy (non-hydrogen) atoms. The molecule has 1 atom stereocenters. The molecular weight excluding hydrogens is 281 g/mol. The van der Waals surface area contributed by atoms with Gasteiger partial charge in [0.15, 0.2) is 29.1 Å². The Bertz CT molecular complexity index is 708. The zero-order chi connectivity index (χ0) is 14.6. The second-order valence-electron chi connectivity index (χ2n) is 5.53. The molecule has 1 aliphatic carbocycles. The first-order chi connectivity index (χ1) is 10.2. The smallest absolute Gasteiger partial charge is 0.195 e. The Morgan fingerprint density at radius 2 is 1.90 bits per heavy atom. The molecule has 0 saturated heterocycles. The molecule has 2 aromatic rings. The summed E-state index contributed by atoms with van der Waals surface area (Å²) >= 11 is 0. The van der Waals surface area contributed by atoms with E-state index in [1.807, 2.05) is 0 Å². The van der Waals surface area contributed by atoms with Crippen molar-refractivity contribution in [3.05, 3.63) is 35.4 Å². The summed E-state index contributed by atoms with van der Waals surface area (Å²) in [4.78, 5) is 0. The lowest BCUT2D eigenvalue weighted by molar-refractivity contribution is 0.382. The van der Waals surface area contributed by atoms with E-state index in [2.05, 4.69) is 15.5 Å². The highest BCUT2D eigenvalue weighted by Gasteiger charge is 2.38. The molecule has 0 bridgehead atoms. The zero-order valence-corrected chi connectivity index (χ0v) is 11.1. The molecule has 0 amide bonds. The van der Waals surface area contributed by atoms with Gasteiger partial charge in [-0.2, -0.15) is 0 Å². The molecular formula is C14H13F3N4. The molecule has 1 unspecified atom stereocenters. The summed E-state index contributed by atoms with van der Waals surface area (Å²) in [6.07, 6.45) is 2.28. The summed E-state index contributed by atoms with van der Waals surface area (Å²) in [6, 6.07) is 2.24. The van der Waals surface area contributed by atoms with Gasteiger partial charge in [-0.1, -0.05) is 0 Å². The first-order valence-electron chi connectivity index (χ1n) is 6.97. The lowest BCUT2D eigenvalue weighted by Crippen LogP contribution is -2.35. The third-order valence-electron chi connectivity index (χ3n) is 4.13. The SMILES string of the molecule is Fc1ccc(-c2nnc3n2CCNC3C2CC2)c(F)c1F. The molecule has 1 aliphatic heterocycles. The second kappa shape index (κ2) is 4.56. The molecule has 1 N–H and O–H groups in total. The molecule has 4 nitrogen and oxygen atoms in total. The van der Waals surface area contributed by atoms with E-state index in [0.29, 0.717) is 12.5 Å². The molecule has 1 saturated carbocycles. The first-order valence-corrected chi connectivity index (χ1v) is 6.97. The Morgan fingerprint density at radius 1 is 1.10 bits per heavy atom. The van der Waals surface area contributed by atoms with Gasteiger partial charge in [-0.15, -0.1) is 10.2 Å². The highest BCUT2D eigenvalue weighted by atomic mass is 19.2. The van der Waals surface area contributed by atoms with Crippen molar-refractivity contribution in [2.75, 3.05) is 6.54 Å². The molecule has 2 heterocycles. The summed E-state index contributed by atoms with van der Waals surface area (Å²) in [6.45, 7) is 1.31. The van der Waals surface area contributed by atoms with E-state index in [1.165, 1.54) is 6.07 Å². The highest BCUT2D eigenvalue weighted by molar-refractivity contribution is 5.57. The van der Waals surface area contributed by atoms with Gasteiger partial charge in [-0.05, 0) is 30.9 Å². The van der Waals surface area contributed by atoms with Gasteiger partial charge in [0, 0.05) is 13.1 Å². The van der Waals surface area contributed by atoms with Crippen LogP contribution >= 0.6 is 0 Å². The number of fused-ring (bicyclic) bond motifs is 1. The van der Waals surface area contributed by atoms with Gasteiger partial charge in [0.1, 0.15) is 0 Å². The van der Waals surface area contributed by atoms with E-state index < -0.39 is 17.5 Å². The Kier molecular flexibility index (Phi) is 2.78. The molecule has 0 spiro atoms. The Balaban J connectivity index is 1.82. The summed E-state index contributed by atoms with van der Waals surface area (Å²) in [5.74, 6) is -2.34. The van der Waals surface area contributed by atoms with Crippen LogP contribution in [0.3, 0.4) is 0 Å². The quantitative estimate of drug-likeness (QED) is 0.865. The van der Waals surface area contributed by atoms with Crippen molar-refractivity contribution in [1.82, 2.24) is 20.1 Å². The van der Waals surface area contributed by atoms with Gasteiger partial charge in [0.25, 0.3) is 0 Å². The van der Waals surface area contributed by atoms with Gasteiger partial charge in [0.05, 0.1) is 11.6 Å². The number of halogens is 3. The maximum Gasteiger partial charge on any atom is 0.195 e. The fraction of sp³-hybridized carbons (Fsp3) is 0.429. The standard InChI is InChI=1S/C14H13F3N4/c15-9-4-3-8(10(16)11(9)17)13-19-20-14-12(7-1-2-7)18-5-6-21(13)14/h3-4,7,12,18H,1-2,5-6H2. The van der Waals surface area contributed by atoms with E-state index in [1.54, 1.807) is 4.57 Å². The van der Waals surface area contributed by atoms with Crippen LogP contribution in [0.5, 0.6) is 0 Å². The lowest BCUT2D eigenvalue weighted by atomic mass is 10.1. The van der Waals surface area contributed by atoms with Crippen LogP contribution < -0.4 is 5.32 Å². The van der Waals surface area contributed by atoms with Crippen molar-refractivity contribution in [3.8, 4) is 11.4 Å². The van der Waals surface area contributed by atoms with Crippen LogP contribution in [-0.4, -0.2) is 21.3 Å². The van der Waals surface area contributed by atoms with E-state index in [0.717, 1.165) is 31.3 Å². The zero-order valence-electron chi connectivity index (χ0n) is 11.1. The molecule has 1 aromatic heterocycles. The largest absolute Gasteiger partial charge is 0.308 e. The molecule has 1 aromatic carbocycles. The number of rotatable bonds is 2. The average molecular weight is 294 g/mol. The van der Waals surface area contributed by atoms with Crippen LogP contribution in [0.2, 0.25) is 0 Å². The number of hydrogen-bond donors (Lipinski definition) is 1. The molecule has 2 aliphatic rings. The highest BCUT2D eigenvalue weighted by Crippen LogP contribution is 2.42. The van der Waals surface area contributed by atoms with Gasteiger partial charge < -0.3 is 9.88 Å². The van der Waals surface area contributed by atoms with Crippen LogP contribution in [0, 0.1) is 23.4 Å². The number of aromatic nitrogens is 3. The summed E-state index contributed by atoms with van der Waals surface area (Å²) < 4.78 is 42.2. The average Bonchev–Trinajstić information content (AvgIpc) is 3.25. The molecule has 1 fully saturated rings. The first kappa shape index (κ1) is 12.8. The van der Waals surface area contributed by atoms with Crippen molar-refractivity contribution < 1.29 is 13.2 Å². The molecule has 7 heteroatoms. The number of hydrogen-bond acceptors (Lipinski definition) is 3. The predicted octanol–water partition coefficient (Wildman–Crippen LogP) is 2.42. The third-order valence-corrected chi connectivity index (χ3v) is 4.13. The number of nitrogens with zero attached hydrogens (tertiary/aromatic N) is 3. The topological polar surface area (TPSA) is 42.7 Å². The minimum atomic E-state index is -1.47. The summed E-state index contributed by atoms with van der Waals surface area (Å²) in [7, 11) is 0. The third kappa shape index (κ3) is 1.95. The maximum atomic E-state index is 14.0. The van der Waals surface area contributed by atoms with Crippen molar-refractivity contribution in [1.29, 1.82) is 0 Å². The van der Waals surface area contributed by atoms with E-state index in [4.69, 9.17) is 0 Å².